The van der Waals surface area contributed by atoms with Crippen LogP contribution in [0.25, 0.3) is 56.2 Å². The zero-order valence-electron chi connectivity index (χ0n) is 41.4. The molecule has 3 aromatic carbocycles. The molecule has 0 bridgehead atoms. The van der Waals surface area contributed by atoms with Crippen molar-refractivity contribution in [2.24, 2.45) is 16.5 Å². The Morgan fingerprint density at radius 1 is 0.648 bits per heavy atom. The summed E-state index contributed by atoms with van der Waals surface area (Å²) in [7, 11) is 0. The lowest BCUT2D eigenvalue weighted by atomic mass is 9.99. The molecule has 2 heterocycles. The van der Waals surface area contributed by atoms with Gasteiger partial charge in [-0.3, -0.25) is 0 Å². The van der Waals surface area contributed by atoms with Crippen molar-refractivity contribution in [1.82, 2.24) is 5.32 Å². The minimum Gasteiger partial charge on any atom is -0.452 e. The van der Waals surface area contributed by atoms with Crippen molar-refractivity contribution in [3.63, 3.8) is 0 Å². The van der Waals surface area contributed by atoms with E-state index in [1.54, 1.807) is 12.2 Å². The number of fused-ring (bicyclic) bond motifs is 7. The monoisotopic (exact) mass is 935 g/mol. The standard InChI is InChI=1S/C61H58N4O2.C4H8/c1-6-11-18-36-55(46(28-9-4)29-10-5)65-61(63)47-31-20-17-21-37-56-51(35-23-22-32-47)52-39-40-53-54-44-49(38-41-57(54)67-59(53)58(52)66-56)48-33-25-34-50(43-48)60(62)64-42-24-16-14-12-13-15-19-30-45(26-7-2)27-8-3;1-3-4-2/h6-29,31-44,60,64H,1-2,4,30,62H2,3,5H3,(H2,63,65);3-4H,1-2H3/b13-12+,16-14-,18-11-,19-15+,20-17-,21-17?,23-22?,27-8-,29-10-,31-20?,32-22+,35-23+,37-21-,42-24-,45-26+,46-28+,47-31+,47-32?,51-35?,55-36-,56-37?;4-3+. The van der Waals surface area contributed by atoms with Crippen molar-refractivity contribution in [2.45, 2.75) is 40.3 Å². The predicted molar refractivity (Wildman–Crippen MR) is 310 cm³/mol. The molecular weight excluding hydrogens is 869 g/mol. The van der Waals surface area contributed by atoms with Crippen molar-refractivity contribution in [3.8, 4) is 11.1 Å². The zero-order valence-corrected chi connectivity index (χ0v) is 41.4. The number of amidine groups is 1. The molecule has 6 nitrogen and oxygen atoms in total. The van der Waals surface area contributed by atoms with Crippen LogP contribution in [-0.4, -0.2) is 5.84 Å². The lowest BCUT2D eigenvalue weighted by Crippen LogP contribution is -2.24. The number of allylic oxidation sites excluding steroid dienone is 28. The summed E-state index contributed by atoms with van der Waals surface area (Å²) in [5.41, 5.74) is 22.9. The topological polar surface area (TPSA) is 103 Å². The van der Waals surface area contributed by atoms with Crippen LogP contribution >= 0.6 is 0 Å². The summed E-state index contributed by atoms with van der Waals surface area (Å²) >= 11 is 0. The molecular formula is C65H66N4O2. The Labute approximate surface area is 421 Å². The third-order valence-electron chi connectivity index (χ3n) is 10.8. The number of hydrogen-bond donors (Lipinski definition) is 3. The van der Waals surface area contributed by atoms with Crippen LogP contribution in [0.3, 0.4) is 0 Å². The Morgan fingerprint density at radius 3 is 2.13 bits per heavy atom. The number of nitrogens with zero attached hydrogens (tertiary/aromatic N) is 1. The van der Waals surface area contributed by atoms with Gasteiger partial charge in [0.05, 0.1) is 5.70 Å². The molecule has 71 heavy (non-hydrogen) atoms. The van der Waals surface area contributed by atoms with E-state index in [0.29, 0.717) is 22.7 Å². The lowest BCUT2D eigenvalue weighted by Gasteiger charge is -2.13. The summed E-state index contributed by atoms with van der Waals surface area (Å²) in [6, 6.07) is 18.7. The van der Waals surface area contributed by atoms with Gasteiger partial charge >= 0.3 is 0 Å². The molecule has 1 aliphatic rings. The van der Waals surface area contributed by atoms with E-state index in [-0.39, 0.29) is 0 Å². The van der Waals surface area contributed by atoms with Crippen molar-refractivity contribution < 1.29 is 8.83 Å². The van der Waals surface area contributed by atoms with Crippen LogP contribution in [0.15, 0.2) is 287 Å². The minimum absolute atomic E-state index is 0.361. The quantitative estimate of drug-likeness (QED) is 0.0267. The van der Waals surface area contributed by atoms with Gasteiger partial charge < -0.3 is 25.6 Å². The normalized spacial score (nSPS) is 17.3. The molecule has 0 saturated carbocycles. The first-order chi connectivity index (χ1) is 34.8. The van der Waals surface area contributed by atoms with Crippen molar-refractivity contribution in [2.75, 3.05) is 0 Å². The fourth-order valence-corrected chi connectivity index (χ4v) is 7.28. The van der Waals surface area contributed by atoms with Crippen LogP contribution in [0.4, 0.5) is 0 Å². The number of nitrogens with one attached hydrogen (secondary N) is 1. The highest BCUT2D eigenvalue weighted by atomic mass is 16.4. The highest BCUT2D eigenvalue weighted by Crippen LogP contribution is 2.40. The molecule has 0 saturated heterocycles. The summed E-state index contributed by atoms with van der Waals surface area (Å²) in [4.78, 5) is 4.82. The Bertz CT molecular complexity index is 3190. The molecule has 2 aromatic heterocycles. The van der Waals surface area contributed by atoms with E-state index < -0.39 is 6.17 Å². The Hall–Kier alpha value is -8.71. The number of hydrogen-bond acceptors (Lipinski definition) is 5. The fourth-order valence-electron chi connectivity index (χ4n) is 7.28. The molecule has 0 radical (unpaired) electrons. The lowest BCUT2D eigenvalue weighted by molar-refractivity contribution is 0.590. The van der Waals surface area contributed by atoms with E-state index in [1.165, 1.54) is 5.57 Å². The largest absolute Gasteiger partial charge is 0.452 e. The molecule has 1 unspecified atom stereocenters. The van der Waals surface area contributed by atoms with Crippen LogP contribution in [0.2, 0.25) is 0 Å². The van der Waals surface area contributed by atoms with Gasteiger partial charge in [0, 0.05) is 27.3 Å². The predicted octanol–water partition coefficient (Wildman–Crippen LogP) is 17.1. The van der Waals surface area contributed by atoms with E-state index >= 15 is 0 Å². The molecule has 5 aromatic rings. The minimum atomic E-state index is -0.391. The molecule has 6 heteroatoms. The maximum Gasteiger partial charge on any atom is 0.178 e. The first-order valence-electron chi connectivity index (χ1n) is 23.7. The molecule has 5 N–H and O–H groups in total. The van der Waals surface area contributed by atoms with Crippen molar-refractivity contribution in [1.29, 1.82) is 0 Å². The third kappa shape index (κ3) is 15.7. The smallest absolute Gasteiger partial charge is 0.178 e. The second kappa shape index (κ2) is 29.2. The summed E-state index contributed by atoms with van der Waals surface area (Å²) in [5.74, 6) is 1.08. The molecule has 0 aliphatic heterocycles. The van der Waals surface area contributed by atoms with Gasteiger partial charge in [0.2, 0.25) is 0 Å². The summed E-state index contributed by atoms with van der Waals surface area (Å²) in [6.07, 6.45) is 60.8. The highest BCUT2D eigenvalue weighted by Gasteiger charge is 2.18. The Kier molecular flexibility index (Phi) is 21.9. The van der Waals surface area contributed by atoms with E-state index in [2.05, 4.69) is 73.6 Å². The van der Waals surface area contributed by atoms with Crippen LogP contribution < -0.4 is 16.8 Å². The van der Waals surface area contributed by atoms with Crippen LogP contribution in [0.5, 0.6) is 0 Å². The molecule has 1 atom stereocenters. The second-order valence-corrected chi connectivity index (χ2v) is 15.8. The molecule has 6 rings (SSSR count). The van der Waals surface area contributed by atoms with Crippen molar-refractivity contribution >= 4 is 50.9 Å². The van der Waals surface area contributed by atoms with E-state index in [9.17, 15) is 0 Å². The van der Waals surface area contributed by atoms with Crippen LogP contribution in [0, 0.1) is 0 Å². The average Bonchev–Trinajstić information content (AvgIpc) is 3.94. The molecule has 0 spiro atoms. The van der Waals surface area contributed by atoms with Gasteiger partial charge in [-0.15, -0.1) is 0 Å². The molecule has 358 valence electrons. The van der Waals surface area contributed by atoms with Gasteiger partial charge in [-0.2, -0.15) is 0 Å². The molecule has 0 amide bonds. The van der Waals surface area contributed by atoms with Gasteiger partial charge in [0.25, 0.3) is 0 Å². The number of benzene rings is 3. The van der Waals surface area contributed by atoms with Crippen LogP contribution in [-0.2, 0) is 0 Å². The third-order valence-corrected chi connectivity index (χ3v) is 10.8. The Morgan fingerprint density at radius 2 is 1.37 bits per heavy atom. The fraction of sp³-hybridized carbons (Fsp3) is 0.0923. The number of rotatable bonds is 18. The van der Waals surface area contributed by atoms with Gasteiger partial charge in [-0.05, 0) is 117 Å². The van der Waals surface area contributed by atoms with Gasteiger partial charge in [-0.25, -0.2) is 4.99 Å². The molecule has 1 aliphatic carbocycles. The first kappa shape index (κ1) is 53.2. The molecule has 0 fully saturated rings. The highest BCUT2D eigenvalue weighted by molar-refractivity contribution is 6.15. The first-order valence-corrected chi connectivity index (χ1v) is 23.7. The van der Waals surface area contributed by atoms with Gasteiger partial charge in [0.15, 0.2) is 11.2 Å². The number of furan rings is 2. The van der Waals surface area contributed by atoms with E-state index in [1.807, 2.05) is 210 Å². The maximum absolute atomic E-state index is 6.65. The average molecular weight is 935 g/mol. The SMILES string of the molecule is C/C=C/C.C=C\C=C/C=C(\N=C(N)\C1=C\C=C/C=C\c2oc3c(ccc4c5cc(-c6cccc(C(N)N\C=C/C=C\C=C\C=C\CC(/C=C\C)=C/C=C)c6)ccc5oc43)c2/C=C/C=C/1)C(/C=C\C)=C/C=C. The van der Waals surface area contributed by atoms with E-state index in [0.717, 1.165) is 67.3 Å². The number of nitrogens with two attached hydrogens (primary N) is 2. The maximum atomic E-state index is 6.65. The van der Waals surface area contributed by atoms with Crippen molar-refractivity contribution in [3.05, 3.63) is 290 Å². The summed E-state index contributed by atoms with van der Waals surface area (Å²) in [6.45, 7) is 19.4. The summed E-state index contributed by atoms with van der Waals surface area (Å²) in [5, 5.41) is 6.19. The Balaban J connectivity index is 0.00000226. The van der Waals surface area contributed by atoms with Crippen LogP contribution in [0.1, 0.15) is 57.2 Å². The zero-order chi connectivity index (χ0) is 50.6. The van der Waals surface area contributed by atoms with E-state index in [4.69, 9.17) is 25.3 Å². The summed E-state index contributed by atoms with van der Waals surface area (Å²) < 4.78 is 13.1. The van der Waals surface area contributed by atoms with Gasteiger partial charge in [0.1, 0.15) is 23.3 Å². The number of aliphatic imine (C=N–C) groups is 1. The second-order valence-electron chi connectivity index (χ2n) is 15.8. The van der Waals surface area contributed by atoms with Gasteiger partial charge in [-0.1, -0.05) is 208 Å².